The highest BCUT2D eigenvalue weighted by Crippen LogP contribution is 2.20. The third kappa shape index (κ3) is 6.82. The summed E-state index contributed by atoms with van der Waals surface area (Å²) in [7, 11) is 0. The average Bonchev–Trinajstić information content (AvgIpc) is 2.94. The fourth-order valence-electron chi connectivity index (χ4n) is 1.18. The van der Waals surface area contributed by atoms with Gasteiger partial charge in [0.1, 0.15) is 0 Å². The van der Waals surface area contributed by atoms with Gasteiger partial charge in [0.25, 0.3) is 0 Å². The third-order valence-corrected chi connectivity index (χ3v) is 2.97. The Morgan fingerprint density at radius 2 is 1.91 bits per heavy atom. The SMILES string of the molecule is O=C(O)C(F)(F)F.O=C(O)CSc1ncc(-c2cccnc2)[nH]1. The second kappa shape index (κ2) is 8.17. The predicted molar refractivity (Wildman–Crippen MR) is 73.9 cm³/mol. The summed E-state index contributed by atoms with van der Waals surface area (Å²) in [6, 6.07) is 3.74. The van der Waals surface area contributed by atoms with Gasteiger partial charge < -0.3 is 15.2 Å². The van der Waals surface area contributed by atoms with E-state index in [-0.39, 0.29) is 5.75 Å². The molecule has 0 aliphatic heterocycles. The van der Waals surface area contributed by atoms with Gasteiger partial charge in [-0.05, 0) is 12.1 Å². The smallest absolute Gasteiger partial charge is 0.481 e. The van der Waals surface area contributed by atoms with E-state index in [9.17, 15) is 18.0 Å². The fourth-order valence-corrected chi connectivity index (χ4v) is 1.74. The van der Waals surface area contributed by atoms with E-state index in [0.717, 1.165) is 23.0 Å². The molecule has 124 valence electrons. The maximum atomic E-state index is 10.6. The van der Waals surface area contributed by atoms with Crippen molar-refractivity contribution in [1.29, 1.82) is 0 Å². The summed E-state index contributed by atoms with van der Waals surface area (Å²) >= 11 is 1.16. The monoisotopic (exact) mass is 349 g/mol. The Hall–Kier alpha value is -2.56. The number of carboxylic acid groups (broad SMARTS) is 2. The van der Waals surface area contributed by atoms with E-state index in [1.165, 1.54) is 0 Å². The Kier molecular flexibility index (Phi) is 6.57. The Balaban J connectivity index is 0.000000322. The van der Waals surface area contributed by atoms with Crippen molar-refractivity contribution in [3.8, 4) is 11.3 Å². The Morgan fingerprint density at radius 3 is 2.39 bits per heavy atom. The minimum Gasteiger partial charge on any atom is -0.481 e. The molecule has 0 fully saturated rings. The number of H-pyrrole nitrogens is 1. The minimum atomic E-state index is -5.08. The van der Waals surface area contributed by atoms with Crippen molar-refractivity contribution < 1.29 is 33.0 Å². The molecule has 11 heteroatoms. The number of nitrogens with zero attached hydrogens (tertiary/aromatic N) is 2. The van der Waals surface area contributed by atoms with Crippen molar-refractivity contribution in [1.82, 2.24) is 15.0 Å². The first kappa shape index (κ1) is 18.5. The zero-order chi connectivity index (χ0) is 17.5. The summed E-state index contributed by atoms with van der Waals surface area (Å²) in [5.41, 5.74) is 1.76. The molecule has 2 aromatic heterocycles. The van der Waals surface area contributed by atoms with E-state index in [2.05, 4.69) is 15.0 Å². The van der Waals surface area contributed by atoms with Gasteiger partial charge in [0.2, 0.25) is 0 Å². The molecule has 2 rings (SSSR count). The topological polar surface area (TPSA) is 116 Å². The van der Waals surface area contributed by atoms with Crippen LogP contribution in [0.25, 0.3) is 11.3 Å². The number of nitrogens with one attached hydrogen (secondary N) is 1. The van der Waals surface area contributed by atoms with E-state index in [1.54, 1.807) is 18.6 Å². The number of halogens is 3. The van der Waals surface area contributed by atoms with Crippen molar-refractivity contribution in [3.63, 3.8) is 0 Å². The number of pyridine rings is 1. The number of hydrogen-bond acceptors (Lipinski definition) is 5. The first-order valence-electron chi connectivity index (χ1n) is 5.80. The van der Waals surface area contributed by atoms with Crippen LogP contribution >= 0.6 is 11.8 Å². The van der Waals surface area contributed by atoms with Crippen LogP contribution in [0.1, 0.15) is 0 Å². The van der Waals surface area contributed by atoms with Gasteiger partial charge in [-0.2, -0.15) is 13.2 Å². The molecular formula is C12H10F3N3O4S. The molecule has 0 saturated heterocycles. The van der Waals surface area contributed by atoms with Gasteiger partial charge in [-0.1, -0.05) is 11.8 Å². The van der Waals surface area contributed by atoms with E-state index in [0.29, 0.717) is 5.16 Å². The maximum absolute atomic E-state index is 10.6. The Labute approximate surface area is 131 Å². The molecule has 0 unspecified atom stereocenters. The van der Waals surface area contributed by atoms with Crippen molar-refractivity contribution in [3.05, 3.63) is 30.7 Å². The van der Waals surface area contributed by atoms with Gasteiger partial charge in [-0.15, -0.1) is 0 Å². The quantitative estimate of drug-likeness (QED) is 0.725. The van der Waals surface area contributed by atoms with Crippen LogP contribution < -0.4 is 0 Å². The summed E-state index contributed by atoms with van der Waals surface area (Å²) in [4.78, 5) is 30.4. The van der Waals surface area contributed by atoms with Crippen molar-refractivity contribution in [2.24, 2.45) is 0 Å². The second-order valence-electron chi connectivity index (χ2n) is 3.83. The van der Waals surface area contributed by atoms with E-state index in [4.69, 9.17) is 15.0 Å². The molecule has 0 aliphatic rings. The number of imidazole rings is 1. The largest absolute Gasteiger partial charge is 0.490 e. The summed E-state index contributed by atoms with van der Waals surface area (Å²) in [6.45, 7) is 0. The number of carbonyl (C=O) groups is 2. The van der Waals surface area contributed by atoms with Crippen LogP contribution in [-0.4, -0.2) is 49.0 Å². The van der Waals surface area contributed by atoms with Crippen molar-refractivity contribution in [2.75, 3.05) is 5.75 Å². The number of aliphatic carboxylic acids is 2. The van der Waals surface area contributed by atoms with E-state index in [1.807, 2.05) is 12.1 Å². The standard InChI is InChI=1S/C10H9N3O2S.C2HF3O2/c14-9(15)6-16-10-12-5-8(13-10)7-2-1-3-11-4-7;3-2(4,5)1(6)7/h1-5H,6H2,(H,12,13)(H,14,15);(H,6,7). The van der Waals surface area contributed by atoms with Crippen molar-refractivity contribution in [2.45, 2.75) is 11.3 Å². The first-order chi connectivity index (χ1) is 10.7. The number of aromatic nitrogens is 3. The van der Waals surface area contributed by atoms with Crippen LogP contribution in [0.5, 0.6) is 0 Å². The highest BCUT2D eigenvalue weighted by molar-refractivity contribution is 7.99. The molecule has 3 N–H and O–H groups in total. The molecule has 0 saturated carbocycles. The molecule has 0 aromatic carbocycles. The number of thioether (sulfide) groups is 1. The molecule has 2 heterocycles. The number of aromatic amines is 1. The highest BCUT2D eigenvalue weighted by atomic mass is 32.2. The minimum absolute atomic E-state index is 0.00000693. The molecule has 2 aromatic rings. The summed E-state index contributed by atoms with van der Waals surface area (Å²) in [5.74, 6) is -3.61. The molecule has 7 nitrogen and oxygen atoms in total. The number of hydrogen-bond donors (Lipinski definition) is 3. The molecule has 0 radical (unpaired) electrons. The Bertz CT molecular complexity index is 661. The van der Waals surface area contributed by atoms with Crippen LogP contribution in [0.4, 0.5) is 13.2 Å². The molecule has 0 atom stereocenters. The first-order valence-corrected chi connectivity index (χ1v) is 6.79. The van der Waals surface area contributed by atoms with Gasteiger partial charge >= 0.3 is 18.1 Å². The zero-order valence-electron chi connectivity index (χ0n) is 11.2. The molecule has 0 bridgehead atoms. The summed E-state index contributed by atoms with van der Waals surface area (Å²) < 4.78 is 31.7. The number of alkyl halides is 3. The number of rotatable bonds is 4. The lowest BCUT2D eigenvalue weighted by Gasteiger charge is -1.95. The molecule has 0 amide bonds. The molecule has 0 spiro atoms. The van der Waals surface area contributed by atoms with Crippen LogP contribution in [0, 0.1) is 0 Å². The Morgan fingerprint density at radius 1 is 1.26 bits per heavy atom. The van der Waals surface area contributed by atoms with E-state index < -0.39 is 18.1 Å². The average molecular weight is 349 g/mol. The predicted octanol–water partition coefficient (Wildman–Crippen LogP) is 2.28. The lowest BCUT2D eigenvalue weighted by Crippen LogP contribution is -2.21. The fraction of sp³-hybridized carbons (Fsp3) is 0.167. The van der Waals surface area contributed by atoms with Gasteiger partial charge in [0, 0.05) is 18.0 Å². The van der Waals surface area contributed by atoms with Gasteiger partial charge in [0.15, 0.2) is 5.16 Å². The van der Waals surface area contributed by atoms with Crippen LogP contribution in [0.3, 0.4) is 0 Å². The molecule has 23 heavy (non-hydrogen) atoms. The lowest BCUT2D eigenvalue weighted by molar-refractivity contribution is -0.192. The van der Waals surface area contributed by atoms with Crippen molar-refractivity contribution >= 4 is 23.7 Å². The molecular weight excluding hydrogens is 339 g/mol. The normalized spacial score (nSPS) is 10.6. The lowest BCUT2D eigenvalue weighted by atomic mass is 10.2. The molecule has 0 aliphatic carbocycles. The van der Waals surface area contributed by atoms with Crippen LogP contribution in [0.15, 0.2) is 35.9 Å². The van der Waals surface area contributed by atoms with Gasteiger partial charge in [0.05, 0.1) is 17.6 Å². The summed E-state index contributed by atoms with van der Waals surface area (Å²) in [5, 5.41) is 16.2. The zero-order valence-corrected chi connectivity index (χ0v) is 12.1. The second-order valence-corrected chi connectivity index (χ2v) is 4.79. The van der Waals surface area contributed by atoms with Gasteiger partial charge in [-0.25, -0.2) is 9.78 Å². The number of carboxylic acids is 2. The van der Waals surface area contributed by atoms with Gasteiger partial charge in [-0.3, -0.25) is 9.78 Å². The highest BCUT2D eigenvalue weighted by Gasteiger charge is 2.38. The maximum Gasteiger partial charge on any atom is 0.490 e. The summed E-state index contributed by atoms with van der Waals surface area (Å²) in [6.07, 6.45) is 0.000308. The van der Waals surface area contributed by atoms with Crippen LogP contribution in [-0.2, 0) is 9.59 Å². The van der Waals surface area contributed by atoms with Crippen LogP contribution in [0.2, 0.25) is 0 Å². The third-order valence-electron chi connectivity index (χ3n) is 2.10. The van der Waals surface area contributed by atoms with E-state index >= 15 is 0 Å².